The summed E-state index contributed by atoms with van der Waals surface area (Å²) in [4.78, 5) is 53.6. The van der Waals surface area contributed by atoms with Crippen LogP contribution in [0.25, 0.3) is 5.52 Å². The molecule has 5 rings (SSSR count). The van der Waals surface area contributed by atoms with Crippen molar-refractivity contribution in [1.29, 1.82) is 0 Å². The highest BCUT2D eigenvalue weighted by molar-refractivity contribution is 8.00. The minimum absolute atomic E-state index is 0.0257. The van der Waals surface area contributed by atoms with E-state index in [-0.39, 0.29) is 34.5 Å². The van der Waals surface area contributed by atoms with Gasteiger partial charge in [-0.05, 0) is 0 Å². The molecule has 2 atom stereocenters. The van der Waals surface area contributed by atoms with E-state index in [4.69, 9.17) is 5.73 Å². The van der Waals surface area contributed by atoms with Gasteiger partial charge in [-0.15, -0.1) is 11.8 Å². The van der Waals surface area contributed by atoms with Gasteiger partial charge in [-0.2, -0.15) is 9.36 Å². The summed E-state index contributed by atoms with van der Waals surface area (Å²) in [5.41, 5.74) is 5.19. The van der Waals surface area contributed by atoms with Crippen LogP contribution in [0.1, 0.15) is 5.82 Å². The largest absolute Gasteiger partial charge is 0.543 e. The summed E-state index contributed by atoms with van der Waals surface area (Å²) in [6, 6.07) is 0.272. The van der Waals surface area contributed by atoms with Crippen LogP contribution in [0.4, 0.5) is 5.13 Å². The highest BCUT2D eigenvalue weighted by atomic mass is 32.2. The normalized spacial score (nSPS) is 20.1. The number of aromatic amines is 1. The fourth-order valence-corrected chi connectivity index (χ4v) is 5.50. The molecule has 3 aromatic rings. The molecule has 1 fully saturated rings. The summed E-state index contributed by atoms with van der Waals surface area (Å²) in [6.45, 7) is 0.0257. The maximum absolute atomic E-state index is 12.8. The predicted octanol–water partition coefficient (Wildman–Crippen LogP) is -3.97. The van der Waals surface area contributed by atoms with E-state index in [2.05, 4.69) is 30.0 Å². The van der Waals surface area contributed by atoms with E-state index in [1.165, 1.54) is 33.4 Å². The number of β-lactam (4-membered cyclic amide) rings is 1. The number of nitrogens with zero attached hydrogens (tertiary/aromatic N) is 7. The fraction of sp³-hybridized carbons (Fsp3) is 0.235. The van der Waals surface area contributed by atoms with Crippen molar-refractivity contribution in [3.05, 3.63) is 46.0 Å². The number of thioether (sulfide) groups is 1. The highest BCUT2D eigenvalue weighted by Gasteiger charge is 2.53. The van der Waals surface area contributed by atoms with Crippen molar-refractivity contribution in [2.75, 3.05) is 11.5 Å². The summed E-state index contributed by atoms with van der Waals surface area (Å²) >= 11 is 2.02. The summed E-state index contributed by atoms with van der Waals surface area (Å²) in [6.07, 6.45) is 2.91. The van der Waals surface area contributed by atoms with E-state index in [1.807, 2.05) is 0 Å². The monoisotopic (exact) mass is 518 g/mol. The number of hydrogen-bond acceptors (Lipinski definition) is 13. The Morgan fingerprint density at radius 1 is 1.43 bits per heavy atom. The third-order valence-corrected chi connectivity index (χ3v) is 7.12. The van der Waals surface area contributed by atoms with E-state index in [1.54, 1.807) is 6.20 Å². The lowest BCUT2D eigenvalue weighted by atomic mass is 10.0. The SMILES string of the molecule is Nc1nc(/C(=N/O)C(=O)NC2C(=O)N3C(C(=O)[O-])=C(C[n+]4cc5cc(=O)[nH]n5cn4)CSC23)ns1. The predicted molar refractivity (Wildman–Crippen MR) is 116 cm³/mol. The third kappa shape index (κ3) is 3.87. The quantitative estimate of drug-likeness (QED) is 0.0808. The molecule has 1 saturated heterocycles. The Labute approximate surface area is 201 Å². The van der Waals surface area contributed by atoms with Crippen molar-refractivity contribution >= 4 is 57.4 Å². The number of oxime groups is 1. The van der Waals surface area contributed by atoms with Gasteiger partial charge in [0.05, 0.1) is 11.7 Å². The number of carbonyl (C=O) groups is 3. The zero-order chi connectivity index (χ0) is 24.9. The number of anilines is 1. The van der Waals surface area contributed by atoms with Crippen LogP contribution in [0, 0.1) is 0 Å². The van der Waals surface area contributed by atoms with E-state index in [9.17, 15) is 29.5 Å². The number of carboxylic acids is 1. The fourth-order valence-electron chi connectivity index (χ4n) is 3.73. The van der Waals surface area contributed by atoms with Gasteiger partial charge in [0.1, 0.15) is 16.9 Å². The number of aliphatic carboxylic acids is 1. The molecule has 16 nitrogen and oxygen atoms in total. The molecule has 5 heterocycles. The molecule has 0 aliphatic carbocycles. The van der Waals surface area contributed by atoms with Crippen molar-refractivity contribution in [2.45, 2.75) is 18.0 Å². The first-order valence-electron chi connectivity index (χ1n) is 9.74. The number of nitrogens with one attached hydrogen (secondary N) is 2. The first-order valence-corrected chi connectivity index (χ1v) is 11.6. The summed E-state index contributed by atoms with van der Waals surface area (Å²) in [7, 11) is 0. The smallest absolute Gasteiger partial charge is 0.278 e. The number of H-pyrrole nitrogens is 1. The molecular weight excluding hydrogens is 504 g/mol. The van der Waals surface area contributed by atoms with Gasteiger partial charge in [-0.3, -0.25) is 24.4 Å². The van der Waals surface area contributed by atoms with E-state index in [0.717, 1.165) is 16.4 Å². The molecule has 2 unspecified atom stereocenters. The first-order chi connectivity index (χ1) is 16.8. The minimum atomic E-state index is -1.55. The number of carboxylic acid groups (broad SMARTS) is 1. The third-order valence-electron chi connectivity index (χ3n) is 5.23. The van der Waals surface area contributed by atoms with Gasteiger partial charge < -0.3 is 26.2 Å². The van der Waals surface area contributed by atoms with Crippen LogP contribution in [0.15, 0.2) is 39.8 Å². The number of hydrogen-bond donors (Lipinski definition) is 4. The number of carbonyl (C=O) groups excluding carboxylic acids is 3. The lowest BCUT2D eigenvalue weighted by Crippen LogP contribution is -2.71. The average molecular weight is 518 g/mol. The zero-order valence-electron chi connectivity index (χ0n) is 17.3. The Balaban J connectivity index is 1.36. The molecule has 3 aromatic heterocycles. The molecule has 35 heavy (non-hydrogen) atoms. The topological polar surface area (TPSA) is 228 Å². The van der Waals surface area contributed by atoms with Gasteiger partial charge in [0.15, 0.2) is 18.0 Å². The standard InChI is InChI=1S/C17H14N10O6S2/c18-17-21-12(24-35-17)9(23-33)13(29)20-10-14(30)27-11(16(31)32)6(4-34-15(10)27)2-25-3-7-1-8(28)22-26(7)5-19-25/h1,3,5,10,15H,2,4H2,(H5-,18,20,21,22,24,28,29,31,32,33). The lowest BCUT2D eigenvalue weighted by molar-refractivity contribution is -0.746. The van der Waals surface area contributed by atoms with Crippen LogP contribution in [0.5, 0.6) is 0 Å². The second kappa shape index (κ2) is 8.47. The zero-order valence-corrected chi connectivity index (χ0v) is 18.9. The second-order valence-electron chi connectivity index (χ2n) is 7.38. The van der Waals surface area contributed by atoms with Crippen molar-refractivity contribution in [3.8, 4) is 0 Å². The van der Waals surface area contributed by atoms with E-state index in [0.29, 0.717) is 11.1 Å². The first kappa shape index (κ1) is 22.5. The molecule has 2 aliphatic rings. The van der Waals surface area contributed by atoms with Gasteiger partial charge in [-0.1, -0.05) is 9.84 Å². The Hall–Kier alpha value is -4.32. The van der Waals surface area contributed by atoms with Gasteiger partial charge in [0, 0.05) is 34.0 Å². The number of aromatic nitrogens is 6. The lowest BCUT2D eigenvalue weighted by Gasteiger charge is -2.50. The highest BCUT2D eigenvalue weighted by Crippen LogP contribution is 2.40. The molecule has 0 saturated carbocycles. The Morgan fingerprint density at radius 3 is 2.91 bits per heavy atom. The Bertz CT molecular complexity index is 1510. The molecule has 0 spiro atoms. The number of nitrogen functional groups attached to an aromatic ring is 1. The Kier molecular flexibility index (Phi) is 5.44. The van der Waals surface area contributed by atoms with Crippen LogP contribution >= 0.6 is 23.3 Å². The maximum atomic E-state index is 12.8. The van der Waals surface area contributed by atoms with E-state index < -0.39 is 34.9 Å². The summed E-state index contributed by atoms with van der Waals surface area (Å²) < 4.78 is 6.64. The van der Waals surface area contributed by atoms with Crippen molar-refractivity contribution in [2.24, 2.45) is 5.16 Å². The van der Waals surface area contributed by atoms with Gasteiger partial charge in [0.25, 0.3) is 17.4 Å². The summed E-state index contributed by atoms with van der Waals surface area (Å²) in [5, 5.41) is 32.5. The summed E-state index contributed by atoms with van der Waals surface area (Å²) in [5.74, 6) is -3.17. The molecular formula is C17H14N10O6S2. The van der Waals surface area contributed by atoms with Gasteiger partial charge in [-0.25, -0.2) is 4.52 Å². The molecule has 2 amide bonds. The van der Waals surface area contributed by atoms with Gasteiger partial charge >= 0.3 is 0 Å². The van der Waals surface area contributed by atoms with Gasteiger partial charge in [0.2, 0.25) is 17.7 Å². The molecule has 180 valence electrons. The van der Waals surface area contributed by atoms with Crippen molar-refractivity contribution in [3.63, 3.8) is 0 Å². The number of rotatable bonds is 6. The molecule has 18 heteroatoms. The van der Waals surface area contributed by atoms with Crippen molar-refractivity contribution < 1.29 is 29.4 Å². The Morgan fingerprint density at radius 2 is 2.23 bits per heavy atom. The van der Waals surface area contributed by atoms with Crippen LogP contribution in [-0.4, -0.2) is 74.8 Å². The van der Waals surface area contributed by atoms with E-state index >= 15 is 0 Å². The van der Waals surface area contributed by atoms with Crippen LogP contribution in [-0.2, 0) is 20.9 Å². The molecule has 0 aromatic carbocycles. The number of amides is 2. The van der Waals surface area contributed by atoms with Crippen molar-refractivity contribution in [1.82, 2.24) is 34.3 Å². The maximum Gasteiger partial charge on any atom is 0.278 e. The molecule has 5 N–H and O–H groups in total. The molecule has 0 radical (unpaired) electrons. The van der Waals surface area contributed by atoms with Crippen LogP contribution in [0.2, 0.25) is 0 Å². The number of fused-ring (bicyclic) bond motifs is 2. The minimum Gasteiger partial charge on any atom is -0.543 e. The second-order valence-corrected chi connectivity index (χ2v) is 9.27. The molecule has 0 bridgehead atoms. The van der Waals surface area contributed by atoms with Crippen LogP contribution in [0.3, 0.4) is 0 Å². The average Bonchev–Trinajstić information content (AvgIpc) is 3.41. The van der Waals surface area contributed by atoms with Crippen LogP contribution < -0.4 is 26.4 Å². The number of nitrogens with two attached hydrogens (primary N) is 1. The molecule has 2 aliphatic heterocycles.